The number of amides is 2. The number of carbonyl (C=O) groups excluding carboxylic acids is 2. The summed E-state index contributed by atoms with van der Waals surface area (Å²) in [4.78, 5) is 25.6. The maximum atomic E-state index is 13.0. The van der Waals surface area contributed by atoms with Gasteiger partial charge in [0.05, 0.1) is 24.8 Å². The maximum absolute atomic E-state index is 13.0. The van der Waals surface area contributed by atoms with Crippen LogP contribution in [0.2, 0.25) is 0 Å². The van der Waals surface area contributed by atoms with Crippen LogP contribution in [0.5, 0.6) is 0 Å². The Morgan fingerprint density at radius 1 is 1.19 bits per heavy atom. The lowest BCUT2D eigenvalue weighted by Crippen LogP contribution is -2.44. The molecule has 1 saturated carbocycles. The first-order valence-electron chi connectivity index (χ1n) is 11.4. The molecule has 0 spiro atoms. The van der Waals surface area contributed by atoms with Crippen LogP contribution in [0.4, 0.5) is 0 Å². The lowest BCUT2D eigenvalue weighted by atomic mass is 9.82. The van der Waals surface area contributed by atoms with E-state index >= 15 is 0 Å². The van der Waals surface area contributed by atoms with Gasteiger partial charge in [0.2, 0.25) is 5.91 Å². The quantitative estimate of drug-likeness (QED) is 0.210. The highest BCUT2D eigenvalue weighted by Crippen LogP contribution is 2.32. The zero-order valence-corrected chi connectivity index (χ0v) is 18.8. The summed E-state index contributed by atoms with van der Waals surface area (Å²) in [5.74, 6) is -0.679. The Labute approximate surface area is 188 Å². The van der Waals surface area contributed by atoms with Crippen LogP contribution in [0.15, 0.2) is 34.9 Å². The van der Waals surface area contributed by atoms with E-state index in [4.69, 9.17) is 13.9 Å². The van der Waals surface area contributed by atoms with Gasteiger partial charge in [0.15, 0.2) is 0 Å². The Balaban J connectivity index is 1.76. The van der Waals surface area contributed by atoms with Crippen molar-refractivity contribution in [2.24, 2.45) is 11.8 Å². The molecule has 1 fully saturated rings. The van der Waals surface area contributed by atoms with E-state index in [0.717, 1.165) is 31.1 Å². The molecule has 0 unspecified atom stereocenters. The average Bonchev–Trinajstić information content (AvgIpc) is 3.23. The largest absolute Gasteiger partial charge is 0.464 e. The number of para-hydroxylation sites is 1. The van der Waals surface area contributed by atoms with Crippen molar-refractivity contribution in [3.05, 3.63) is 36.1 Å². The van der Waals surface area contributed by atoms with Crippen molar-refractivity contribution in [3.63, 3.8) is 0 Å². The van der Waals surface area contributed by atoms with Gasteiger partial charge in [-0.05, 0) is 51.0 Å². The lowest BCUT2D eigenvalue weighted by Gasteiger charge is -2.28. The summed E-state index contributed by atoms with van der Waals surface area (Å²) in [7, 11) is 0. The molecule has 1 aromatic heterocycles. The van der Waals surface area contributed by atoms with Crippen molar-refractivity contribution in [2.75, 3.05) is 20.0 Å². The molecular weight excluding hydrogens is 412 g/mol. The molecule has 1 aliphatic carbocycles. The summed E-state index contributed by atoms with van der Waals surface area (Å²) < 4.78 is 16.5. The summed E-state index contributed by atoms with van der Waals surface area (Å²) in [6.07, 6.45) is 5.60. The van der Waals surface area contributed by atoms with Gasteiger partial charge in [0.25, 0.3) is 5.91 Å². The van der Waals surface area contributed by atoms with Crippen LogP contribution in [-0.4, -0.2) is 43.1 Å². The van der Waals surface area contributed by atoms with Crippen LogP contribution >= 0.6 is 0 Å². The molecule has 1 heterocycles. The Kier molecular flexibility index (Phi) is 9.08. The van der Waals surface area contributed by atoms with E-state index in [9.17, 15) is 14.8 Å². The molecule has 0 aliphatic heterocycles. The van der Waals surface area contributed by atoms with Gasteiger partial charge < -0.3 is 19.2 Å². The van der Waals surface area contributed by atoms with E-state index in [-0.39, 0.29) is 31.6 Å². The molecular formula is C24H34N2O6. The number of ether oxygens (including phenoxy) is 2. The third kappa shape index (κ3) is 6.31. The monoisotopic (exact) mass is 446 g/mol. The summed E-state index contributed by atoms with van der Waals surface area (Å²) in [6.45, 7) is 4.91. The fraction of sp³-hybridized carbons (Fsp3) is 0.583. The van der Waals surface area contributed by atoms with Crippen LogP contribution in [-0.2, 0) is 19.1 Å². The average molecular weight is 447 g/mol. The molecule has 8 nitrogen and oxygen atoms in total. The first kappa shape index (κ1) is 24.2. The molecule has 3 N–H and O–H groups in total. The van der Waals surface area contributed by atoms with Gasteiger partial charge in [0, 0.05) is 23.5 Å². The second-order valence-electron chi connectivity index (χ2n) is 8.60. The molecule has 2 amide bonds. The van der Waals surface area contributed by atoms with E-state index in [1.165, 1.54) is 6.26 Å². The molecule has 0 saturated heterocycles. The predicted molar refractivity (Wildman–Crippen MR) is 119 cm³/mol. The number of rotatable bonds is 11. The lowest BCUT2D eigenvalue weighted by molar-refractivity contribution is -0.132. The third-order valence-corrected chi connectivity index (χ3v) is 6.26. The van der Waals surface area contributed by atoms with Gasteiger partial charge in [-0.25, -0.2) is 5.48 Å². The molecule has 32 heavy (non-hydrogen) atoms. The van der Waals surface area contributed by atoms with Gasteiger partial charge >= 0.3 is 0 Å². The van der Waals surface area contributed by atoms with Crippen molar-refractivity contribution in [2.45, 2.75) is 57.9 Å². The van der Waals surface area contributed by atoms with Gasteiger partial charge in [0.1, 0.15) is 12.4 Å². The summed E-state index contributed by atoms with van der Waals surface area (Å²) in [5, 5.41) is 13.3. The smallest absolute Gasteiger partial charge is 0.251 e. The Hall–Kier alpha value is -2.42. The Morgan fingerprint density at radius 2 is 1.94 bits per heavy atom. The van der Waals surface area contributed by atoms with Crippen LogP contribution in [0.25, 0.3) is 11.0 Å². The topological polar surface area (TPSA) is 110 Å². The highest BCUT2D eigenvalue weighted by atomic mass is 16.7. The van der Waals surface area contributed by atoms with Crippen molar-refractivity contribution in [1.82, 2.24) is 10.8 Å². The summed E-state index contributed by atoms with van der Waals surface area (Å²) >= 11 is 0. The van der Waals surface area contributed by atoms with E-state index in [0.29, 0.717) is 23.7 Å². The van der Waals surface area contributed by atoms with Crippen molar-refractivity contribution in [3.8, 4) is 0 Å². The van der Waals surface area contributed by atoms with E-state index in [2.05, 4.69) is 12.2 Å². The second kappa shape index (κ2) is 12.0. The first-order valence-corrected chi connectivity index (χ1v) is 11.4. The fourth-order valence-electron chi connectivity index (χ4n) is 4.35. The molecule has 1 aliphatic rings. The van der Waals surface area contributed by atoms with Gasteiger partial charge in [-0.3, -0.25) is 14.8 Å². The number of furan rings is 1. The number of hydrogen-bond donors (Lipinski definition) is 3. The van der Waals surface area contributed by atoms with Crippen molar-refractivity contribution >= 4 is 22.8 Å². The highest BCUT2D eigenvalue weighted by Gasteiger charge is 2.31. The molecule has 3 rings (SSSR count). The van der Waals surface area contributed by atoms with Crippen LogP contribution in [0.1, 0.15) is 57.4 Å². The zero-order valence-electron chi connectivity index (χ0n) is 18.8. The number of carbonyl (C=O) groups is 2. The minimum Gasteiger partial charge on any atom is -0.464 e. The standard InChI is InChI=1S/C24H34N2O6/c1-3-30-15-31-13-18(25-23(27)17-10-8-16(2)9-11-17)12-20(24(28)26-29)21-14-32-22-7-5-4-6-19(21)22/h4-7,14,16-18,20,29H,3,8-13,15H2,1-2H3,(H,25,27)(H,26,28)/t16-,17-,18-,20-/m0/s1. The number of benzene rings is 1. The zero-order chi connectivity index (χ0) is 22.9. The number of nitrogens with one attached hydrogen (secondary N) is 2. The molecule has 2 atom stereocenters. The van der Waals surface area contributed by atoms with Crippen molar-refractivity contribution < 1.29 is 28.7 Å². The van der Waals surface area contributed by atoms with Gasteiger partial charge in [-0.2, -0.15) is 0 Å². The Morgan fingerprint density at radius 3 is 2.66 bits per heavy atom. The maximum Gasteiger partial charge on any atom is 0.251 e. The van der Waals surface area contributed by atoms with E-state index in [1.54, 1.807) is 5.48 Å². The molecule has 0 radical (unpaired) electrons. The van der Waals surface area contributed by atoms with Gasteiger partial charge in [-0.1, -0.05) is 25.1 Å². The molecule has 1 aromatic carbocycles. The van der Waals surface area contributed by atoms with Crippen molar-refractivity contribution in [1.29, 1.82) is 0 Å². The molecule has 176 valence electrons. The minimum absolute atomic E-state index is 0.0119. The van der Waals surface area contributed by atoms with Crippen LogP contribution in [0.3, 0.4) is 0 Å². The van der Waals surface area contributed by atoms with Crippen LogP contribution in [0, 0.1) is 11.8 Å². The number of hydrogen-bond acceptors (Lipinski definition) is 6. The second-order valence-corrected chi connectivity index (χ2v) is 8.60. The third-order valence-electron chi connectivity index (χ3n) is 6.26. The number of fused-ring (bicyclic) bond motifs is 1. The number of hydroxylamine groups is 1. The summed E-state index contributed by atoms with van der Waals surface area (Å²) in [5.41, 5.74) is 3.07. The van der Waals surface area contributed by atoms with Gasteiger partial charge in [-0.15, -0.1) is 0 Å². The summed E-state index contributed by atoms with van der Waals surface area (Å²) in [6, 6.07) is 6.98. The van der Waals surface area contributed by atoms with E-state index in [1.807, 2.05) is 31.2 Å². The fourth-order valence-corrected chi connectivity index (χ4v) is 4.35. The molecule has 0 bridgehead atoms. The van der Waals surface area contributed by atoms with Crippen LogP contribution < -0.4 is 10.8 Å². The Bertz CT molecular complexity index is 874. The minimum atomic E-state index is -0.726. The molecule has 8 heteroatoms. The van der Waals surface area contributed by atoms with E-state index < -0.39 is 17.9 Å². The SMILES string of the molecule is CCOCOC[C@H](C[C@H](C(=O)NO)c1coc2ccccc12)NC(=O)[C@H]1CC[C@H](C)CC1. The normalized spacial score (nSPS) is 20.6. The first-order chi connectivity index (χ1) is 15.5. The highest BCUT2D eigenvalue weighted by molar-refractivity contribution is 5.90. The predicted octanol–water partition coefficient (Wildman–Crippen LogP) is 3.73. The molecule has 2 aromatic rings.